The molecule has 18 heavy (non-hydrogen) atoms. The molecule has 0 saturated heterocycles. The Labute approximate surface area is 104 Å². The lowest BCUT2D eigenvalue weighted by molar-refractivity contribution is 0.414. The Balaban J connectivity index is 1.86. The number of H-pyrrole nitrogens is 1. The molecule has 2 heterocycles. The lowest BCUT2D eigenvalue weighted by Gasteiger charge is -2.01. The molecule has 1 N–H and O–H groups in total. The third-order valence-electron chi connectivity index (χ3n) is 2.74. The van der Waals surface area contributed by atoms with Crippen LogP contribution in [0.5, 0.6) is 5.75 Å². The molecule has 0 radical (unpaired) electrons. The van der Waals surface area contributed by atoms with Crippen LogP contribution >= 0.6 is 0 Å². The van der Waals surface area contributed by atoms with Gasteiger partial charge in [-0.1, -0.05) is 12.1 Å². The molecule has 0 amide bonds. The van der Waals surface area contributed by atoms with E-state index < -0.39 is 0 Å². The number of imidazole rings is 1. The van der Waals surface area contributed by atoms with Gasteiger partial charge in [-0.2, -0.15) is 0 Å². The van der Waals surface area contributed by atoms with Gasteiger partial charge >= 0.3 is 0 Å². The fourth-order valence-corrected chi connectivity index (χ4v) is 1.83. The normalized spacial score (nSPS) is 10.7. The molecule has 0 atom stereocenters. The molecule has 0 fully saturated rings. The van der Waals surface area contributed by atoms with Crippen LogP contribution in [-0.2, 0) is 6.42 Å². The van der Waals surface area contributed by atoms with Gasteiger partial charge in [-0.05, 0) is 17.7 Å². The highest BCUT2D eigenvalue weighted by Crippen LogP contribution is 2.15. The van der Waals surface area contributed by atoms with Crippen LogP contribution in [0.4, 0.5) is 0 Å². The van der Waals surface area contributed by atoms with Crippen LogP contribution < -0.4 is 4.74 Å². The van der Waals surface area contributed by atoms with Gasteiger partial charge in [0.05, 0.1) is 13.3 Å². The van der Waals surface area contributed by atoms with Gasteiger partial charge in [0, 0.05) is 6.42 Å². The maximum Gasteiger partial charge on any atom is 0.160 e. The largest absolute Gasteiger partial charge is 0.497 e. The zero-order valence-corrected chi connectivity index (χ0v) is 9.92. The van der Waals surface area contributed by atoms with Crippen molar-refractivity contribution < 1.29 is 4.74 Å². The Bertz CT molecular complexity index is 627. The first kappa shape index (κ1) is 10.7. The molecule has 0 unspecified atom stereocenters. The Hall–Kier alpha value is -2.43. The van der Waals surface area contributed by atoms with Crippen molar-refractivity contribution in [2.24, 2.45) is 0 Å². The highest BCUT2D eigenvalue weighted by atomic mass is 16.5. The summed E-state index contributed by atoms with van der Waals surface area (Å²) in [6, 6.07) is 7.94. The second kappa shape index (κ2) is 4.44. The minimum absolute atomic E-state index is 0.736. The fourth-order valence-electron chi connectivity index (χ4n) is 1.83. The number of ether oxygens (including phenoxy) is 1. The van der Waals surface area contributed by atoms with Crippen molar-refractivity contribution in [1.82, 2.24) is 19.9 Å². The summed E-state index contributed by atoms with van der Waals surface area (Å²) in [4.78, 5) is 15.7. The van der Waals surface area contributed by atoms with E-state index in [4.69, 9.17) is 4.74 Å². The molecule has 0 spiro atoms. The van der Waals surface area contributed by atoms with Crippen LogP contribution in [0, 0.1) is 0 Å². The van der Waals surface area contributed by atoms with Gasteiger partial charge in [-0.3, -0.25) is 0 Å². The van der Waals surface area contributed by atoms with Gasteiger partial charge in [0.15, 0.2) is 5.65 Å². The summed E-state index contributed by atoms with van der Waals surface area (Å²) in [6.45, 7) is 0. The van der Waals surface area contributed by atoms with Crippen LogP contribution in [0.1, 0.15) is 11.4 Å². The van der Waals surface area contributed by atoms with Crippen molar-refractivity contribution in [2.75, 3.05) is 7.11 Å². The van der Waals surface area contributed by atoms with Gasteiger partial charge in [-0.25, -0.2) is 15.0 Å². The number of hydrogen-bond donors (Lipinski definition) is 1. The smallest absolute Gasteiger partial charge is 0.160 e. The molecule has 0 aliphatic carbocycles. The number of nitrogens with zero attached hydrogens (tertiary/aromatic N) is 3. The Morgan fingerprint density at radius 2 is 2.06 bits per heavy atom. The molecule has 2 aromatic heterocycles. The monoisotopic (exact) mass is 240 g/mol. The van der Waals surface area contributed by atoms with E-state index in [1.807, 2.05) is 24.3 Å². The van der Waals surface area contributed by atoms with E-state index in [0.717, 1.165) is 29.2 Å². The van der Waals surface area contributed by atoms with Crippen molar-refractivity contribution in [3.63, 3.8) is 0 Å². The van der Waals surface area contributed by atoms with Crippen molar-refractivity contribution >= 4 is 11.2 Å². The summed E-state index contributed by atoms with van der Waals surface area (Å²) in [6.07, 6.45) is 3.95. The standard InChI is InChI=1S/C13H12N4O/c1-18-10-4-2-9(3-5-10)6-12-16-11-7-14-8-15-13(11)17-12/h2-5,7-8H,6H2,1H3,(H,14,15,16,17). The van der Waals surface area contributed by atoms with Crippen molar-refractivity contribution in [2.45, 2.75) is 6.42 Å². The first-order chi connectivity index (χ1) is 8.85. The van der Waals surface area contributed by atoms with Crippen molar-refractivity contribution in [3.05, 3.63) is 48.2 Å². The summed E-state index contributed by atoms with van der Waals surface area (Å²) in [5.41, 5.74) is 2.73. The molecular weight excluding hydrogens is 228 g/mol. The van der Waals surface area contributed by atoms with Crippen LogP contribution in [0.3, 0.4) is 0 Å². The van der Waals surface area contributed by atoms with Crippen molar-refractivity contribution in [3.8, 4) is 5.75 Å². The zero-order chi connectivity index (χ0) is 12.4. The van der Waals surface area contributed by atoms with E-state index in [9.17, 15) is 0 Å². The summed E-state index contributed by atoms with van der Waals surface area (Å²) in [7, 11) is 1.66. The molecule has 0 bridgehead atoms. The van der Waals surface area contributed by atoms with Gasteiger partial charge in [0.1, 0.15) is 23.4 Å². The summed E-state index contributed by atoms with van der Waals surface area (Å²) in [5.74, 6) is 1.74. The number of benzene rings is 1. The van der Waals surface area contributed by atoms with E-state index >= 15 is 0 Å². The number of hydrogen-bond acceptors (Lipinski definition) is 4. The molecule has 1 aromatic carbocycles. The minimum Gasteiger partial charge on any atom is -0.497 e. The predicted octanol–water partition coefficient (Wildman–Crippen LogP) is 1.95. The third-order valence-corrected chi connectivity index (χ3v) is 2.74. The molecule has 0 aliphatic heterocycles. The quantitative estimate of drug-likeness (QED) is 0.760. The molecule has 3 rings (SSSR count). The lowest BCUT2D eigenvalue weighted by Crippen LogP contribution is -1.91. The topological polar surface area (TPSA) is 63.7 Å². The van der Waals surface area contributed by atoms with Crippen LogP contribution in [0.2, 0.25) is 0 Å². The number of methoxy groups -OCH3 is 1. The number of aromatic nitrogens is 4. The van der Waals surface area contributed by atoms with Crippen LogP contribution in [0.25, 0.3) is 11.2 Å². The number of fused-ring (bicyclic) bond motifs is 1. The summed E-state index contributed by atoms with van der Waals surface area (Å²) >= 11 is 0. The zero-order valence-electron chi connectivity index (χ0n) is 9.92. The lowest BCUT2D eigenvalue weighted by atomic mass is 10.1. The third kappa shape index (κ3) is 2.02. The second-order valence-electron chi connectivity index (χ2n) is 3.96. The highest BCUT2D eigenvalue weighted by molar-refractivity contribution is 5.68. The molecule has 0 saturated carbocycles. The second-order valence-corrected chi connectivity index (χ2v) is 3.96. The first-order valence-electron chi connectivity index (χ1n) is 5.62. The van der Waals surface area contributed by atoms with Gasteiger partial charge in [-0.15, -0.1) is 0 Å². The Morgan fingerprint density at radius 3 is 2.78 bits per heavy atom. The van der Waals surface area contributed by atoms with E-state index in [0.29, 0.717) is 0 Å². The van der Waals surface area contributed by atoms with E-state index in [1.54, 1.807) is 13.3 Å². The predicted molar refractivity (Wildman–Crippen MR) is 67.5 cm³/mol. The van der Waals surface area contributed by atoms with E-state index in [1.165, 1.54) is 11.9 Å². The maximum atomic E-state index is 5.13. The van der Waals surface area contributed by atoms with Gasteiger partial charge in [0.25, 0.3) is 0 Å². The van der Waals surface area contributed by atoms with Crippen LogP contribution in [-0.4, -0.2) is 27.0 Å². The van der Waals surface area contributed by atoms with Gasteiger partial charge in [0.2, 0.25) is 0 Å². The molecular formula is C13H12N4O. The number of aromatic amines is 1. The molecule has 0 aliphatic rings. The van der Waals surface area contributed by atoms with Crippen molar-refractivity contribution in [1.29, 1.82) is 0 Å². The number of nitrogens with one attached hydrogen (secondary N) is 1. The summed E-state index contributed by atoms with van der Waals surface area (Å²) in [5, 5.41) is 0. The Morgan fingerprint density at radius 1 is 1.22 bits per heavy atom. The maximum absolute atomic E-state index is 5.13. The van der Waals surface area contributed by atoms with E-state index in [-0.39, 0.29) is 0 Å². The SMILES string of the molecule is COc1ccc(Cc2nc3cncnc3[nH]2)cc1. The first-order valence-corrected chi connectivity index (χ1v) is 5.62. The molecule has 90 valence electrons. The Kier molecular flexibility index (Phi) is 2.64. The minimum atomic E-state index is 0.736. The molecule has 5 heteroatoms. The molecule has 5 nitrogen and oxygen atoms in total. The summed E-state index contributed by atoms with van der Waals surface area (Å²) < 4.78 is 5.13. The number of rotatable bonds is 3. The highest BCUT2D eigenvalue weighted by Gasteiger charge is 2.04. The molecule has 3 aromatic rings. The average molecular weight is 240 g/mol. The average Bonchev–Trinajstić information content (AvgIpc) is 2.82. The fraction of sp³-hybridized carbons (Fsp3) is 0.154. The van der Waals surface area contributed by atoms with E-state index in [2.05, 4.69) is 19.9 Å². The van der Waals surface area contributed by atoms with Crippen LogP contribution in [0.15, 0.2) is 36.8 Å². The van der Waals surface area contributed by atoms with Gasteiger partial charge < -0.3 is 9.72 Å².